The van der Waals surface area contributed by atoms with Gasteiger partial charge in [0.15, 0.2) is 0 Å². The molecule has 0 N–H and O–H groups in total. The third-order valence-electron chi connectivity index (χ3n) is 1.65. The van der Waals surface area contributed by atoms with Crippen LogP contribution >= 0.6 is 0 Å². The minimum Gasteiger partial charge on any atom is -0.325 e. The van der Waals surface area contributed by atoms with Crippen LogP contribution in [0.4, 0.5) is 0 Å². The maximum absolute atomic E-state index is 2.21. The first-order valence-corrected chi connectivity index (χ1v) is 4.47. The summed E-state index contributed by atoms with van der Waals surface area (Å²) in [6.07, 6.45) is 15.8. The fourth-order valence-corrected chi connectivity index (χ4v) is 1.14. The average Bonchev–Trinajstić information content (AvgIpc) is 2.21. The molecule has 2 aliphatic rings. The van der Waals surface area contributed by atoms with Gasteiger partial charge in [-0.1, -0.05) is 32.1 Å². The molecule has 0 aromatic heterocycles. The van der Waals surface area contributed by atoms with Crippen molar-refractivity contribution >= 4 is 0 Å². The molecule has 0 aromatic rings. The molecule has 2 aliphatic heterocycles. The van der Waals surface area contributed by atoms with Crippen molar-refractivity contribution in [2.45, 2.75) is 20.3 Å². The van der Waals surface area contributed by atoms with E-state index < -0.39 is 0 Å². The first-order chi connectivity index (χ1) is 5.97. The molecule has 2 heterocycles. The van der Waals surface area contributed by atoms with Crippen LogP contribution in [0, 0.1) is 0 Å². The summed E-state index contributed by atoms with van der Waals surface area (Å²) in [7, 11) is 0. The molecule has 0 saturated heterocycles. The summed E-state index contributed by atoms with van der Waals surface area (Å²) in [4.78, 5) is 2.11. The third-order valence-corrected chi connectivity index (χ3v) is 1.65. The molecule has 0 aliphatic carbocycles. The topological polar surface area (TPSA) is 3.24 Å². The second-order valence-corrected chi connectivity index (χ2v) is 2.36. The molecule has 64 valence electrons. The minimum atomic E-state index is 1.06. The summed E-state index contributed by atoms with van der Waals surface area (Å²) < 4.78 is 0. The Morgan fingerprint density at radius 2 is 2.00 bits per heavy atom. The highest BCUT2D eigenvalue weighted by atomic mass is 15.1. The van der Waals surface area contributed by atoms with Gasteiger partial charge < -0.3 is 4.90 Å². The first kappa shape index (κ1) is 8.85. The summed E-state index contributed by atoms with van der Waals surface area (Å²) >= 11 is 0. The van der Waals surface area contributed by atoms with Crippen molar-refractivity contribution in [3.63, 3.8) is 0 Å². The second-order valence-electron chi connectivity index (χ2n) is 2.36. The number of hydrogen-bond donors (Lipinski definition) is 0. The number of rotatable bonds is 0. The molecule has 0 bridgehead atoms. The van der Waals surface area contributed by atoms with Gasteiger partial charge >= 0.3 is 0 Å². The van der Waals surface area contributed by atoms with Crippen molar-refractivity contribution in [3.8, 4) is 0 Å². The van der Waals surface area contributed by atoms with Crippen LogP contribution in [-0.2, 0) is 0 Å². The predicted octanol–water partition coefficient (Wildman–Crippen LogP) is 3.20. The van der Waals surface area contributed by atoms with E-state index in [-0.39, 0.29) is 0 Å². The van der Waals surface area contributed by atoms with Crippen LogP contribution in [0.2, 0.25) is 0 Å². The second kappa shape index (κ2) is 4.60. The van der Waals surface area contributed by atoms with E-state index in [9.17, 15) is 0 Å². The lowest BCUT2D eigenvalue weighted by Crippen LogP contribution is -2.11. The smallest absolute Gasteiger partial charge is 0.0412 e. The zero-order valence-electron chi connectivity index (χ0n) is 7.70. The van der Waals surface area contributed by atoms with Crippen molar-refractivity contribution in [2.24, 2.45) is 0 Å². The molecule has 0 aromatic carbocycles. The Kier molecular flexibility index (Phi) is 3.39. The van der Waals surface area contributed by atoms with Gasteiger partial charge in [0, 0.05) is 18.1 Å². The molecule has 1 heteroatoms. The van der Waals surface area contributed by atoms with Crippen LogP contribution in [0.25, 0.3) is 0 Å². The van der Waals surface area contributed by atoms with Gasteiger partial charge in [0.25, 0.3) is 0 Å². The molecule has 0 spiro atoms. The highest BCUT2D eigenvalue weighted by Crippen LogP contribution is 2.17. The first-order valence-electron chi connectivity index (χ1n) is 4.47. The maximum Gasteiger partial charge on any atom is 0.0412 e. The van der Waals surface area contributed by atoms with Crippen molar-refractivity contribution in [1.82, 2.24) is 4.90 Å². The number of fused-ring (bicyclic) bond motifs is 1. The van der Waals surface area contributed by atoms with Crippen molar-refractivity contribution in [2.75, 3.05) is 0 Å². The lowest BCUT2D eigenvalue weighted by atomic mass is 10.2. The molecular formula is C11H15N. The largest absolute Gasteiger partial charge is 0.325 e. The minimum absolute atomic E-state index is 1.06. The maximum atomic E-state index is 2.21. The van der Waals surface area contributed by atoms with E-state index in [0.29, 0.717) is 0 Å². The van der Waals surface area contributed by atoms with Crippen molar-refractivity contribution in [3.05, 3.63) is 48.5 Å². The summed E-state index contributed by atoms with van der Waals surface area (Å²) in [6, 6.07) is 0. The number of nitrogens with zero attached hydrogens (tertiary/aromatic N) is 1. The average molecular weight is 161 g/mol. The van der Waals surface area contributed by atoms with Crippen LogP contribution in [0.5, 0.6) is 0 Å². The van der Waals surface area contributed by atoms with Gasteiger partial charge in [-0.25, -0.2) is 0 Å². The standard InChI is InChI=1S/C9H9N.C2H6/c1-3-7-10-8-4-2-6-9(10)5-1;1-2/h1,3-8H,2H2;1-2H3. The normalized spacial score (nSPS) is 17.8. The highest BCUT2D eigenvalue weighted by Gasteiger charge is 2.03. The SMILES string of the molecule is C1=CC2=CCC=CN2C=C1.CC. The van der Waals surface area contributed by atoms with Gasteiger partial charge in [-0.3, -0.25) is 0 Å². The van der Waals surface area contributed by atoms with Crippen LogP contribution in [-0.4, -0.2) is 4.90 Å². The summed E-state index contributed by atoms with van der Waals surface area (Å²) in [6.45, 7) is 4.00. The van der Waals surface area contributed by atoms with Crippen LogP contribution in [0.1, 0.15) is 20.3 Å². The van der Waals surface area contributed by atoms with E-state index in [4.69, 9.17) is 0 Å². The Bertz CT molecular complexity index is 244. The van der Waals surface area contributed by atoms with E-state index in [1.165, 1.54) is 5.70 Å². The Balaban J connectivity index is 0.000000336. The van der Waals surface area contributed by atoms with E-state index in [1.54, 1.807) is 0 Å². The quantitative estimate of drug-likeness (QED) is 0.527. The van der Waals surface area contributed by atoms with E-state index in [0.717, 1.165) is 6.42 Å². The molecule has 0 fully saturated rings. The Morgan fingerprint density at radius 1 is 1.17 bits per heavy atom. The summed E-state index contributed by atoms with van der Waals surface area (Å²) in [5.74, 6) is 0. The van der Waals surface area contributed by atoms with Crippen LogP contribution < -0.4 is 0 Å². The highest BCUT2D eigenvalue weighted by molar-refractivity contribution is 5.32. The predicted molar refractivity (Wildman–Crippen MR) is 53.3 cm³/mol. The molecular weight excluding hydrogens is 146 g/mol. The molecule has 12 heavy (non-hydrogen) atoms. The molecule has 0 radical (unpaired) electrons. The van der Waals surface area contributed by atoms with Crippen molar-refractivity contribution in [1.29, 1.82) is 0 Å². The Morgan fingerprint density at radius 3 is 2.75 bits per heavy atom. The fourth-order valence-electron chi connectivity index (χ4n) is 1.14. The lowest BCUT2D eigenvalue weighted by molar-refractivity contribution is 0.629. The number of hydrogen-bond acceptors (Lipinski definition) is 1. The van der Waals surface area contributed by atoms with E-state index in [1.807, 2.05) is 19.9 Å². The fraction of sp³-hybridized carbons (Fsp3) is 0.273. The zero-order valence-corrected chi connectivity index (χ0v) is 7.70. The molecule has 0 amide bonds. The monoisotopic (exact) mass is 161 g/mol. The van der Waals surface area contributed by atoms with Crippen molar-refractivity contribution < 1.29 is 0 Å². The Hall–Kier alpha value is -1.24. The summed E-state index contributed by atoms with van der Waals surface area (Å²) in [5, 5.41) is 0. The zero-order chi connectivity index (χ0) is 8.81. The van der Waals surface area contributed by atoms with Gasteiger partial charge in [-0.15, -0.1) is 0 Å². The molecule has 0 atom stereocenters. The summed E-state index contributed by atoms with van der Waals surface area (Å²) in [5.41, 5.74) is 1.28. The lowest BCUT2D eigenvalue weighted by Gasteiger charge is -2.21. The van der Waals surface area contributed by atoms with Gasteiger partial charge in [0.2, 0.25) is 0 Å². The molecule has 0 saturated carbocycles. The van der Waals surface area contributed by atoms with Gasteiger partial charge in [-0.2, -0.15) is 0 Å². The van der Waals surface area contributed by atoms with E-state index in [2.05, 4.69) is 41.6 Å². The van der Waals surface area contributed by atoms with Gasteiger partial charge in [0.1, 0.15) is 0 Å². The molecule has 0 unspecified atom stereocenters. The van der Waals surface area contributed by atoms with Gasteiger partial charge in [-0.05, 0) is 18.6 Å². The Labute approximate surface area is 74.4 Å². The van der Waals surface area contributed by atoms with Crippen LogP contribution in [0.3, 0.4) is 0 Å². The van der Waals surface area contributed by atoms with E-state index >= 15 is 0 Å². The third kappa shape index (κ3) is 1.88. The van der Waals surface area contributed by atoms with Gasteiger partial charge in [0.05, 0.1) is 0 Å². The number of allylic oxidation sites excluding steroid dienone is 5. The van der Waals surface area contributed by atoms with Crippen LogP contribution in [0.15, 0.2) is 48.5 Å². The molecule has 2 rings (SSSR count). The molecule has 1 nitrogen and oxygen atoms in total.